The zero-order valence-corrected chi connectivity index (χ0v) is 15.4. The predicted octanol–water partition coefficient (Wildman–Crippen LogP) is 3.06. The van der Waals surface area contributed by atoms with Crippen LogP contribution in [0.15, 0.2) is 33.4 Å². The van der Waals surface area contributed by atoms with Crippen molar-refractivity contribution in [2.75, 3.05) is 5.75 Å². The van der Waals surface area contributed by atoms with Crippen LogP contribution in [0.4, 0.5) is 4.39 Å². The minimum Gasteiger partial charge on any atom is -0.298 e. The molecule has 0 bridgehead atoms. The van der Waals surface area contributed by atoms with E-state index in [0.29, 0.717) is 14.9 Å². The number of carbonyl (C=O) groups excluding carboxylic acids is 1. The summed E-state index contributed by atoms with van der Waals surface area (Å²) in [5.41, 5.74) is -0.277. The second-order valence-corrected chi connectivity index (χ2v) is 8.56. The van der Waals surface area contributed by atoms with Crippen LogP contribution in [0.5, 0.6) is 0 Å². The van der Waals surface area contributed by atoms with E-state index >= 15 is 0 Å². The fraction of sp³-hybridized carbons (Fsp3) is 0.312. The van der Waals surface area contributed by atoms with Gasteiger partial charge in [0.05, 0.1) is 5.75 Å². The maximum Gasteiger partial charge on any atom is 0.302 e. The summed E-state index contributed by atoms with van der Waals surface area (Å²) in [7, 11) is 0. The minimum atomic E-state index is -0.429. The third kappa shape index (κ3) is 3.77. The van der Waals surface area contributed by atoms with Crippen LogP contribution < -0.4 is 5.56 Å². The molecule has 0 atom stereocenters. The Kier molecular flexibility index (Phi) is 4.70. The van der Waals surface area contributed by atoms with Crippen LogP contribution in [-0.4, -0.2) is 31.3 Å². The lowest BCUT2D eigenvalue weighted by molar-refractivity contribution is -0.123. The molecule has 25 heavy (non-hydrogen) atoms. The number of thioether (sulfide) groups is 1. The maximum atomic E-state index is 13.0. The first kappa shape index (κ1) is 17.7. The average molecular weight is 378 g/mol. The number of fused-ring (bicyclic) bond motifs is 1. The van der Waals surface area contributed by atoms with Gasteiger partial charge in [0.25, 0.3) is 0 Å². The van der Waals surface area contributed by atoms with Crippen LogP contribution in [0.3, 0.4) is 0 Å². The van der Waals surface area contributed by atoms with Crippen LogP contribution in [0.25, 0.3) is 16.2 Å². The van der Waals surface area contributed by atoms with E-state index in [9.17, 15) is 14.0 Å². The molecular weight excluding hydrogens is 363 g/mol. The Labute approximate surface area is 151 Å². The van der Waals surface area contributed by atoms with Gasteiger partial charge < -0.3 is 0 Å². The van der Waals surface area contributed by atoms with Crippen LogP contribution in [0.1, 0.15) is 20.8 Å². The summed E-state index contributed by atoms with van der Waals surface area (Å²) < 4.78 is 14.8. The van der Waals surface area contributed by atoms with E-state index in [-0.39, 0.29) is 17.2 Å². The molecule has 0 aliphatic carbocycles. The van der Waals surface area contributed by atoms with Crippen molar-refractivity contribution in [2.45, 2.75) is 25.1 Å². The molecule has 0 saturated heterocycles. The summed E-state index contributed by atoms with van der Waals surface area (Å²) in [6.45, 7) is 5.58. The van der Waals surface area contributed by atoms with Crippen molar-refractivity contribution in [1.29, 1.82) is 0 Å². The SMILES string of the molecule is CC(C)(C)C(=O)CSc1nn2c(=O)c(-c3ccc(F)cc3)nnc2s1. The lowest BCUT2D eigenvalue weighted by Crippen LogP contribution is -2.22. The molecule has 0 aliphatic heterocycles. The van der Waals surface area contributed by atoms with E-state index in [4.69, 9.17) is 0 Å². The average Bonchev–Trinajstić information content (AvgIpc) is 2.97. The van der Waals surface area contributed by atoms with Gasteiger partial charge in [-0.15, -0.1) is 15.3 Å². The molecule has 0 amide bonds. The second-order valence-electron chi connectivity index (χ2n) is 6.38. The Morgan fingerprint density at radius 1 is 1.24 bits per heavy atom. The highest BCUT2D eigenvalue weighted by atomic mass is 32.2. The van der Waals surface area contributed by atoms with Crippen LogP contribution in [0, 0.1) is 11.2 Å². The molecule has 2 heterocycles. The molecule has 3 rings (SSSR count). The molecule has 3 aromatic rings. The fourth-order valence-corrected chi connectivity index (χ4v) is 3.92. The Bertz CT molecular complexity index is 990. The number of benzene rings is 1. The first-order valence-electron chi connectivity index (χ1n) is 7.44. The molecule has 0 N–H and O–H groups in total. The van der Waals surface area contributed by atoms with E-state index in [2.05, 4.69) is 15.3 Å². The molecule has 0 saturated carbocycles. The van der Waals surface area contributed by atoms with E-state index < -0.39 is 16.8 Å². The largest absolute Gasteiger partial charge is 0.302 e. The number of halogens is 1. The summed E-state index contributed by atoms with van der Waals surface area (Å²) in [5, 5.41) is 12.2. The Morgan fingerprint density at radius 2 is 1.92 bits per heavy atom. The van der Waals surface area contributed by atoms with E-state index in [1.54, 1.807) is 0 Å². The minimum absolute atomic E-state index is 0.0992. The highest BCUT2D eigenvalue weighted by Gasteiger charge is 2.22. The highest BCUT2D eigenvalue weighted by Crippen LogP contribution is 2.26. The van der Waals surface area contributed by atoms with Crippen molar-refractivity contribution in [3.63, 3.8) is 0 Å². The lowest BCUT2D eigenvalue weighted by Gasteiger charge is -2.15. The standard InChI is InChI=1S/C16H15FN4O2S2/c1-16(2,3)11(22)8-24-15-20-21-13(23)12(18-19-14(21)25-15)9-4-6-10(17)7-5-9/h4-7H,8H2,1-3H3. The lowest BCUT2D eigenvalue weighted by atomic mass is 9.92. The molecule has 9 heteroatoms. The van der Waals surface area contributed by atoms with Gasteiger partial charge in [-0.05, 0) is 24.3 Å². The molecular formula is C16H15FN4O2S2. The molecule has 2 aromatic heterocycles. The Morgan fingerprint density at radius 3 is 2.56 bits per heavy atom. The predicted molar refractivity (Wildman–Crippen MR) is 95.5 cm³/mol. The van der Waals surface area contributed by atoms with Gasteiger partial charge in [0.1, 0.15) is 11.6 Å². The smallest absolute Gasteiger partial charge is 0.298 e. The van der Waals surface area contributed by atoms with E-state index in [1.165, 1.54) is 51.9 Å². The maximum absolute atomic E-state index is 13.0. The van der Waals surface area contributed by atoms with Gasteiger partial charge in [0.2, 0.25) is 4.96 Å². The zero-order chi connectivity index (χ0) is 18.2. The number of nitrogens with zero attached hydrogens (tertiary/aromatic N) is 4. The number of hydrogen-bond donors (Lipinski definition) is 0. The summed E-state index contributed by atoms with van der Waals surface area (Å²) in [5.74, 6) is -0.0213. The normalized spacial score (nSPS) is 11.8. The molecule has 6 nitrogen and oxygen atoms in total. The molecule has 130 valence electrons. The van der Waals surface area contributed by atoms with Gasteiger partial charge in [0, 0.05) is 11.0 Å². The molecule has 1 aromatic carbocycles. The summed E-state index contributed by atoms with van der Waals surface area (Å²) in [6, 6.07) is 5.45. The first-order valence-corrected chi connectivity index (χ1v) is 9.24. The van der Waals surface area contributed by atoms with Crippen molar-refractivity contribution in [1.82, 2.24) is 19.8 Å². The van der Waals surface area contributed by atoms with Crippen LogP contribution >= 0.6 is 23.1 Å². The van der Waals surface area contributed by atoms with Crippen molar-refractivity contribution in [3.05, 3.63) is 40.4 Å². The summed E-state index contributed by atoms with van der Waals surface area (Å²) in [4.78, 5) is 24.9. The van der Waals surface area contributed by atoms with Crippen molar-refractivity contribution < 1.29 is 9.18 Å². The number of aromatic nitrogens is 4. The van der Waals surface area contributed by atoms with E-state index in [1.807, 2.05) is 20.8 Å². The van der Waals surface area contributed by atoms with E-state index in [0.717, 1.165) is 0 Å². The van der Waals surface area contributed by atoms with Gasteiger partial charge >= 0.3 is 5.56 Å². The molecule has 0 radical (unpaired) electrons. The number of Topliss-reactive ketones (excluding diaryl/α,β-unsaturated/α-hetero) is 1. The molecule has 0 unspecified atom stereocenters. The first-order chi connectivity index (χ1) is 11.8. The van der Waals surface area contributed by atoms with Gasteiger partial charge in [0.15, 0.2) is 10.0 Å². The summed E-state index contributed by atoms with van der Waals surface area (Å²) in [6.07, 6.45) is 0. The van der Waals surface area contributed by atoms with Crippen molar-refractivity contribution in [2.24, 2.45) is 5.41 Å². The van der Waals surface area contributed by atoms with Gasteiger partial charge in [-0.1, -0.05) is 43.9 Å². The second kappa shape index (κ2) is 6.64. The van der Waals surface area contributed by atoms with Crippen LogP contribution in [-0.2, 0) is 4.79 Å². The van der Waals surface area contributed by atoms with Crippen LogP contribution in [0.2, 0.25) is 0 Å². The number of ketones is 1. The fourth-order valence-electron chi connectivity index (χ4n) is 1.89. The van der Waals surface area contributed by atoms with Gasteiger partial charge in [-0.3, -0.25) is 9.59 Å². The third-order valence-electron chi connectivity index (χ3n) is 3.45. The molecule has 0 spiro atoms. The summed E-state index contributed by atoms with van der Waals surface area (Å²) >= 11 is 2.47. The Balaban J connectivity index is 1.91. The van der Waals surface area contributed by atoms with Crippen molar-refractivity contribution in [3.8, 4) is 11.3 Å². The topological polar surface area (TPSA) is 77.2 Å². The van der Waals surface area contributed by atoms with Gasteiger partial charge in [-0.25, -0.2) is 4.39 Å². The monoisotopic (exact) mass is 378 g/mol. The molecule has 0 fully saturated rings. The number of hydrogen-bond acceptors (Lipinski definition) is 7. The van der Waals surface area contributed by atoms with Crippen molar-refractivity contribution >= 4 is 33.8 Å². The molecule has 0 aliphatic rings. The Hall–Kier alpha value is -2.13. The quantitative estimate of drug-likeness (QED) is 0.650. The highest BCUT2D eigenvalue weighted by molar-refractivity contribution is 8.01. The number of rotatable bonds is 4. The van der Waals surface area contributed by atoms with Gasteiger partial charge in [-0.2, -0.15) is 4.52 Å². The number of carbonyl (C=O) groups is 1. The third-order valence-corrected chi connectivity index (χ3v) is 5.48. The zero-order valence-electron chi connectivity index (χ0n) is 13.8.